The number of rotatable bonds is 3. The first-order valence-corrected chi connectivity index (χ1v) is 9.04. The summed E-state index contributed by atoms with van der Waals surface area (Å²) in [4.78, 5) is 0.984. The van der Waals surface area contributed by atoms with Gasteiger partial charge in [0.2, 0.25) is 0 Å². The predicted molar refractivity (Wildman–Crippen MR) is 98.6 cm³/mol. The molecule has 0 aliphatic carbocycles. The van der Waals surface area contributed by atoms with Gasteiger partial charge in [0.05, 0.1) is 27.9 Å². The Bertz CT molecular complexity index is 918. The standard InChI is InChI=1S/C20H15F3N2S/c21-20(22,23)16-10-5-4-9-15(16)18-13-17(19-11-6-12-26-19)24-25(18)14-7-2-1-3-8-14/h1-12,18H,13H2. The minimum Gasteiger partial charge on any atom is -0.257 e. The lowest BCUT2D eigenvalue weighted by molar-refractivity contribution is -0.138. The maximum Gasteiger partial charge on any atom is 0.416 e. The van der Waals surface area contributed by atoms with Crippen molar-refractivity contribution in [3.05, 3.63) is 88.1 Å². The number of hydrogen-bond acceptors (Lipinski definition) is 3. The Morgan fingerprint density at radius 1 is 0.923 bits per heavy atom. The second-order valence-electron chi connectivity index (χ2n) is 6.01. The van der Waals surface area contributed by atoms with E-state index in [1.807, 2.05) is 47.8 Å². The number of hydrazone groups is 1. The van der Waals surface area contributed by atoms with Gasteiger partial charge in [0, 0.05) is 6.42 Å². The molecule has 2 heterocycles. The van der Waals surface area contributed by atoms with Gasteiger partial charge < -0.3 is 0 Å². The topological polar surface area (TPSA) is 15.6 Å². The van der Waals surface area contributed by atoms with Gasteiger partial charge in [-0.1, -0.05) is 42.5 Å². The Morgan fingerprint density at radius 2 is 1.65 bits per heavy atom. The van der Waals surface area contributed by atoms with E-state index in [1.54, 1.807) is 28.5 Å². The van der Waals surface area contributed by atoms with Gasteiger partial charge >= 0.3 is 6.18 Å². The molecule has 3 aromatic rings. The van der Waals surface area contributed by atoms with E-state index in [1.165, 1.54) is 6.07 Å². The highest BCUT2D eigenvalue weighted by atomic mass is 32.1. The quantitative estimate of drug-likeness (QED) is 0.540. The van der Waals surface area contributed by atoms with E-state index in [0.717, 1.165) is 22.3 Å². The van der Waals surface area contributed by atoms with E-state index in [9.17, 15) is 13.2 Å². The number of benzene rings is 2. The third-order valence-electron chi connectivity index (χ3n) is 4.36. The van der Waals surface area contributed by atoms with Crippen LogP contribution in [0.3, 0.4) is 0 Å². The number of anilines is 1. The normalized spacial score (nSPS) is 17.4. The van der Waals surface area contributed by atoms with Crippen molar-refractivity contribution in [1.82, 2.24) is 0 Å². The lowest BCUT2D eigenvalue weighted by Gasteiger charge is -2.26. The maximum absolute atomic E-state index is 13.5. The lowest BCUT2D eigenvalue weighted by atomic mass is 9.95. The summed E-state index contributed by atoms with van der Waals surface area (Å²) >= 11 is 1.54. The average Bonchev–Trinajstić information content (AvgIpc) is 3.31. The summed E-state index contributed by atoms with van der Waals surface area (Å²) in [5.41, 5.74) is 1.24. The van der Waals surface area contributed by atoms with Crippen molar-refractivity contribution in [1.29, 1.82) is 0 Å². The third kappa shape index (κ3) is 3.12. The van der Waals surface area contributed by atoms with Gasteiger partial charge in [0.1, 0.15) is 0 Å². The number of alkyl halides is 3. The molecular formula is C20H15F3N2S. The molecule has 4 rings (SSSR count). The molecule has 0 spiro atoms. The molecule has 1 aliphatic rings. The van der Waals surface area contributed by atoms with Gasteiger partial charge in [-0.05, 0) is 35.2 Å². The third-order valence-corrected chi connectivity index (χ3v) is 5.28. The van der Waals surface area contributed by atoms with Crippen LogP contribution in [0.2, 0.25) is 0 Å². The molecule has 0 saturated heterocycles. The van der Waals surface area contributed by atoms with E-state index in [2.05, 4.69) is 5.10 Å². The zero-order valence-electron chi connectivity index (χ0n) is 13.6. The molecule has 26 heavy (non-hydrogen) atoms. The van der Waals surface area contributed by atoms with E-state index in [-0.39, 0.29) is 5.56 Å². The molecule has 132 valence electrons. The van der Waals surface area contributed by atoms with E-state index in [0.29, 0.717) is 6.42 Å². The Labute approximate surface area is 153 Å². The molecule has 0 fully saturated rings. The van der Waals surface area contributed by atoms with E-state index >= 15 is 0 Å². The van der Waals surface area contributed by atoms with Crippen LogP contribution in [0.15, 0.2) is 77.2 Å². The van der Waals surface area contributed by atoms with Crippen LogP contribution in [0.1, 0.15) is 28.5 Å². The molecule has 2 aromatic carbocycles. The van der Waals surface area contributed by atoms with Crippen molar-refractivity contribution in [3.63, 3.8) is 0 Å². The Balaban J connectivity index is 1.81. The first kappa shape index (κ1) is 16.8. The highest BCUT2D eigenvalue weighted by molar-refractivity contribution is 7.12. The molecule has 0 radical (unpaired) electrons. The summed E-state index contributed by atoms with van der Waals surface area (Å²) < 4.78 is 40.6. The minimum absolute atomic E-state index is 0.249. The van der Waals surface area contributed by atoms with Gasteiger partial charge in [-0.15, -0.1) is 11.3 Å². The molecule has 1 atom stereocenters. The number of thiophene rings is 1. The van der Waals surface area contributed by atoms with Crippen LogP contribution in [0.5, 0.6) is 0 Å². The first-order chi connectivity index (χ1) is 12.5. The summed E-state index contributed by atoms with van der Waals surface area (Å²) in [5, 5.41) is 8.33. The lowest BCUT2D eigenvalue weighted by Crippen LogP contribution is -2.22. The van der Waals surface area contributed by atoms with Gasteiger partial charge in [0.25, 0.3) is 0 Å². The van der Waals surface area contributed by atoms with Crippen LogP contribution in [0.4, 0.5) is 18.9 Å². The fraction of sp³-hybridized carbons (Fsp3) is 0.150. The zero-order chi connectivity index (χ0) is 18.1. The van der Waals surface area contributed by atoms with Crippen molar-refractivity contribution in [2.45, 2.75) is 18.6 Å². The average molecular weight is 372 g/mol. The van der Waals surface area contributed by atoms with Gasteiger partial charge in [-0.3, -0.25) is 5.01 Å². The molecule has 6 heteroatoms. The SMILES string of the molecule is FC(F)(F)c1ccccc1C1CC(c2cccs2)=NN1c1ccccc1. The van der Waals surface area contributed by atoms with Crippen molar-refractivity contribution in [2.24, 2.45) is 5.10 Å². The van der Waals surface area contributed by atoms with Gasteiger partial charge in [-0.25, -0.2) is 0 Å². The molecule has 0 saturated carbocycles. The van der Waals surface area contributed by atoms with Crippen LogP contribution in [0.25, 0.3) is 0 Å². The molecule has 0 N–H and O–H groups in total. The Morgan fingerprint density at radius 3 is 2.35 bits per heavy atom. The van der Waals surface area contributed by atoms with Crippen molar-refractivity contribution in [3.8, 4) is 0 Å². The fourth-order valence-electron chi connectivity index (χ4n) is 3.21. The minimum atomic E-state index is -4.40. The van der Waals surface area contributed by atoms with Gasteiger partial charge in [0.15, 0.2) is 0 Å². The predicted octanol–water partition coefficient (Wildman–Crippen LogP) is 6.12. The molecule has 1 aromatic heterocycles. The summed E-state index contributed by atoms with van der Waals surface area (Å²) in [6.45, 7) is 0. The van der Waals surface area contributed by atoms with E-state index < -0.39 is 17.8 Å². The number of para-hydroxylation sites is 1. The van der Waals surface area contributed by atoms with E-state index in [4.69, 9.17) is 0 Å². The summed E-state index contributed by atoms with van der Waals surface area (Å²) in [7, 11) is 0. The van der Waals surface area contributed by atoms with Crippen molar-refractivity contribution < 1.29 is 13.2 Å². The highest BCUT2D eigenvalue weighted by Gasteiger charge is 2.39. The number of nitrogens with zero attached hydrogens (tertiary/aromatic N) is 2. The van der Waals surface area contributed by atoms with Crippen LogP contribution in [0, 0.1) is 0 Å². The van der Waals surface area contributed by atoms with Crippen LogP contribution >= 0.6 is 11.3 Å². The smallest absolute Gasteiger partial charge is 0.257 e. The van der Waals surface area contributed by atoms with Crippen LogP contribution < -0.4 is 5.01 Å². The first-order valence-electron chi connectivity index (χ1n) is 8.16. The fourth-order valence-corrected chi connectivity index (χ4v) is 3.93. The summed E-state index contributed by atoms with van der Waals surface area (Å²) in [5.74, 6) is 0. The molecule has 1 unspecified atom stereocenters. The Hall–Kier alpha value is -2.60. The van der Waals surface area contributed by atoms with Crippen molar-refractivity contribution >= 4 is 22.7 Å². The summed E-state index contributed by atoms with van der Waals surface area (Å²) in [6.07, 6.45) is -3.97. The number of hydrogen-bond donors (Lipinski definition) is 0. The van der Waals surface area contributed by atoms with Crippen LogP contribution in [-0.2, 0) is 6.18 Å². The molecular weight excluding hydrogens is 357 g/mol. The molecule has 0 amide bonds. The highest BCUT2D eigenvalue weighted by Crippen LogP contribution is 2.42. The zero-order valence-corrected chi connectivity index (χ0v) is 14.5. The number of halogens is 3. The van der Waals surface area contributed by atoms with Gasteiger partial charge in [-0.2, -0.15) is 18.3 Å². The Kier molecular flexibility index (Phi) is 4.28. The second kappa shape index (κ2) is 6.61. The molecule has 1 aliphatic heterocycles. The maximum atomic E-state index is 13.5. The molecule has 2 nitrogen and oxygen atoms in total. The largest absolute Gasteiger partial charge is 0.416 e. The van der Waals surface area contributed by atoms with Crippen molar-refractivity contribution in [2.75, 3.05) is 5.01 Å². The molecule has 0 bridgehead atoms. The monoisotopic (exact) mass is 372 g/mol. The second-order valence-corrected chi connectivity index (χ2v) is 6.96. The summed E-state index contributed by atoms with van der Waals surface area (Å²) in [6, 6.07) is 18.5. The van der Waals surface area contributed by atoms with Crippen LogP contribution in [-0.4, -0.2) is 5.71 Å².